The van der Waals surface area contributed by atoms with E-state index in [9.17, 15) is 22.8 Å². The predicted octanol–water partition coefficient (Wildman–Crippen LogP) is 1.75. The Balaban J connectivity index is 1.40. The first kappa shape index (κ1) is 18.4. The number of aryl methyl sites for hydroxylation is 2. The Kier molecular flexibility index (Phi) is 4.50. The molecule has 28 heavy (non-hydrogen) atoms. The van der Waals surface area contributed by atoms with E-state index >= 15 is 0 Å². The number of rotatable bonds is 5. The number of hydrogen-bond donors (Lipinski definition) is 0. The number of sulfonamides is 1. The van der Waals surface area contributed by atoms with E-state index in [1.165, 1.54) is 23.8 Å². The summed E-state index contributed by atoms with van der Waals surface area (Å²) in [5, 5.41) is 0. The highest BCUT2D eigenvalue weighted by molar-refractivity contribution is 7.90. The summed E-state index contributed by atoms with van der Waals surface area (Å²) >= 11 is 0. The molecule has 2 aromatic rings. The van der Waals surface area contributed by atoms with Crippen LogP contribution in [-0.4, -0.2) is 43.5 Å². The molecule has 0 fully saturated rings. The van der Waals surface area contributed by atoms with Crippen molar-refractivity contribution in [2.24, 2.45) is 0 Å². The highest BCUT2D eigenvalue weighted by Gasteiger charge is 2.42. The molecule has 0 spiro atoms. The molecule has 144 valence electrons. The summed E-state index contributed by atoms with van der Waals surface area (Å²) in [7, 11) is -4.09. The molecule has 1 aliphatic heterocycles. The number of carbonyl (C=O) groups excluding carboxylic acids is 3. The lowest BCUT2D eigenvalue weighted by Crippen LogP contribution is -2.36. The number of amides is 1. The molecule has 7 nitrogen and oxygen atoms in total. The summed E-state index contributed by atoms with van der Waals surface area (Å²) in [6.45, 7) is -1.28. The summed E-state index contributed by atoms with van der Waals surface area (Å²) in [6.07, 6.45) is 2.98. The number of hydrogen-bond acceptors (Lipinski definition) is 6. The quantitative estimate of drug-likeness (QED) is 0.561. The second kappa shape index (κ2) is 6.87. The van der Waals surface area contributed by atoms with Crippen LogP contribution in [0.15, 0.2) is 47.4 Å². The van der Waals surface area contributed by atoms with Gasteiger partial charge >= 0.3 is 5.97 Å². The fraction of sp³-hybridized carbons (Fsp3) is 0.250. The van der Waals surface area contributed by atoms with Gasteiger partial charge in [0.05, 0.1) is 5.56 Å². The van der Waals surface area contributed by atoms with Crippen LogP contribution in [0.3, 0.4) is 0 Å². The average molecular weight is 399 g/mol. The summed E-state index contributed by atoms with van der Waals surface area (Å²) in [5.41, 5.74) is 2.82. The minimum Gasteiger partial charge on any atom is -0.456 e. The van der Waals surface area contributed by atoms with E-state index in [1.807, 2.05) is 12.1 Å². The van der Waals surface area contributed by atoms with Crippen LogP contribution in [0.25, 0.3) is 0 Å². The van der Waals surface area contributed by atoms with Crippen LogP contribution in [0.1, 0.15) is 38.3 Å². The minimum absolute atomic E-state index is 0.0181. The fourth-order valence-electron chi connectivity index (χ4n) is 3.52. The van der Waals surface area contributed by atoms with Gasteiger partial charge in [-0.05, 0) is 48.6 Å². The lowest BCUT2D eigenvalue weighted by molar-refractivity contribution is -0.142. The minimum atomic E-state index is -4.09. The van der Waals surface area contributed by atoms with Crippen LogP contribution in [0.2, 0.25) is 0 Å². The monoisotopic (exact) mass is 399 g/mol. The molecule has 0 unspecified atom stereocenters. The van der Waals surface area contributed by atoms with Gasteiger partial charge in [0.15, 0.2) is 12.4 Å². The molecule has 0 aromatic heterocycles. The highest BCUT2D eigenvalue weighted by Crippen LogP contribution is 2.29. The van der Waals surface area contributed by atoms with Crippen LogP contribution < -0.4 is 0 Å². The third kappa shape index (κ3) is 3.09. The van der Waals surface area contributed by atoms with Crippen LogP contribution in [-0.2, 0) is 32.4 Å². The first-order chi connectivity index (χ1) is 13.4. The van der Waals surface area contributed by atoms with Crippen molar-refractivity contribution in [2.75, 3.05) is 13.2 Å². The lowest BCUT2D eigenvalue weighted by Gasteiger charge is -2.14. The molecule has 0 saturated heterocycles. The van der Waals surface area contributed by atoms with Gasteiger partial charge in [0.2, 0.25) is 0 Å². The number of esters is 1. The van der Waals surface area contributed by atoms with Crippen molar-refractivity contribution in [1.82, 2.24) is 4.31 Å². The lowest BCUT2D eigenvalue weighted by atomic mass is 10.0. The Morgan fingerprint density at radius 2 is 1.79 bits per heavy atom. The Morgan fingerprint density at radius 3 is 2.57 bits per heavy atom. The van der Waals surface area contributed by atoms with Crippen molar-refractivity contribution >= 4 is 27.7 Å². The number of fused-ring (bicyclic) bond motifs is 2. The predicted molar refractivity (Wildman–Crippen MR) is 98.4 cm³/mol. The summed E-state index contributed by atoms with van der Waals surface area (Å²) in [6, 6.07) is 11.2. The van der Waals surface area contributed by atoms with E-state index < -0.39 is 35.1 Å². The van der Waals surface area contributed by atoms with Crippen molar-refractivity contribution in [3.63, 3.8) is 0 Å². The fourth-order valence-corrected chi connectivity index (χ4v) is 5.04. The molecule has 0 N–H and O–H groups in total. The molecular weight excluding hydrogens is 382 g/mol. The smallest absolute Gasteiger partial charge is 0.327 e. The second-order valence-electron chi connectivity index (χ2n) is 6.73. The van der Waals surface area contributed by atoms with Crippen molar-refractivity contribution < 1.29 is 27.5 Å². The Morgan fingerprint density at radius 1 is 1.04 bits per heavy atom. The van der Waals surface area contributed by atoms with E-state index in [-0.39, 0.29) is 16.2 Å². The third-order valence-electron chi connectivity index (χ3n) is 4.97. The number of Topliss-reactive ketones (excluding diaryl/α,β-unsaturated/α-hetero) is 1. The van der Waals surface area contributed by atoms with E-state index in [1.54, 1.807) is 12.1 Å². The van der Waals surface area contributed by atoms with E-state index in [0.29, 0.717) is 9.87 Å². The maximum atomic E-state index is 12.4. The number of ketones is 1. The Labute approximate surface area is 162 Å². The first-order valence-electron chi connectivity index (χ1n) is 8.84. The molecule has 0 atom stereocenters. The molecule has 1 amide bonds. The van der Waals surface area contributed by atoms with E-state index in [4.69, 9.17) is 4.74 Å². The molecule has 1 aliphatic carbocycles. The Bertz CT molecular complexity index is 1110. The van der Waals surface area contributed by atoms with Gasteiger partial charge in [-0.3, -0.25) is 14.4 Å². The van der Waals surface area contributed by atoms with E-state index in [0.717, 1.165) is 24.8 Å². The average Bonchev–Trinajstić information content (AvgIpc) is 3.23. The van der Waals surface area contributed by atoms with Crippen molar-refractivity contribution in [2.45, 2.75) is 24.2 Å². The molecule has 2 aromatic carbocycles. The molecule has 1 heterocycles. The molecule has 4 rings (SSSR count). The van der Waals surface area contributed by atoms with Gasteiger partial charge in [0.1, 0.15) is 11.4 Å². The topological polar surface area (TPSA) is 97.8 Å². The number of carbonyl (C=O) groups is 3. The van der Waals surface area contributed by atoms with Gasteiger partial charge < -0.3 is 4.74 Å². The van der Waals surface area contributed by atoms with Crippen LogP contribution in [0.5, 0.6) is 0 Å². The van der Waals surface area contributed by atoms with Crippen LogP contribution in [0, 0.1) is 0 Å². The van der Waals surface area contributed by atoms with Gasteiger partial charge in [-0.15, -0.1) is 0 Å². The van der Waals surface area contributed by atoms with Crippen LogP contribution >= 0.6 is 0 Å². The van der Waals surface area contributed by atoms with Crippen molar-refractivity contribution in [1.29, 1.82) is 0 Å². The number of nitrogens with zero attached hydrogens (tertiary/aromatic N) is 1. The van der Waals surface area contributed by atoms with Crippen LogP contribution in [0.4, 0.5) is 0 Å². The number of benzene rings is 2. The van der Waals surface area contributed by atoms with Gasteiger partial charge in [-0.1, -0.05) is 24.3 Å². The van der Waals surface area contributed by atoms with Gasteiger partial charge in [0.25, 0.3) is 15.9 Å². The molecule has 0 radical (unpaired) electrons. The van der Waals surface area contributed by atoms with Gasteiger partial charge in [0, 0.05) is 5.56 Å². The summed E-state index contributed by atoms with van der Waals surface area (Å²) in [5.74, 6) is -2.11. The third-order valence-corrected chi connectivity index (χ3v) is 6.76. The maximum Gasteiger partial charge on any atom is 0.327 e. The molecular formula is C20H17NO6S. The zero-order valence-corrected chi connectivity index (χ0v) is 15.7. The first-order valence-corrected chi connectivity index (χ1v) is 10.3. The van der Waals surface area contributed by atoms with Gasteiger partial charge in [-0.25, -0.2) is 12.7 Å². The molecule has 8 heteroatoms. The normalized spacial score (nSPS) is 16.6. The van der Waals surface area contributed by atoms with Gasteiger partial charge in [-0.2, -0.15) is 0 Å². The van der Waals surface area contributed by atoms with Crippen molar-refractivity contribution in [3.05, 3.63) is 64.7 Å². The molecule has 0 bridgehead atoms. The SMILES string of the molecule is O=C(CN1C(=O)c2ccccc2S1(=O)=O)OCC(=O)c1ccc2c(c1)CCC2. The van der Waals surface area contributed by atoms with Crippen molar-refractivity contribution in [3.8, 4) is 0 Å². The van der Waals surface area contributed by atoms with E-state index in [2.05, 4.69) is 0 Å². The summed E-state index contributed by atoms with van der Waals surface area (Å²) < 4.78 is 30.3. The second-order valence-corrected chi connectivity index (χ2v) is 8.56. The number of ether oxygens (including phenoxy) is 1. The molecule has 2 aliphatic rings. The zero-order chi connectivity index (χ0) is 19.9. The maximum absolute atomic E-state index is 12.4. The Hall–Kier alpha value is -3.00. The highest BCUT2D eigenvalue weighted by atomic mass is 32.2. The largest absolute Gasteiger partial charge is 0.456 e. The standard InChI is InChI=1S/C20H17NO6S/c22-17(15-9-8-13-4-3-5-14(13)10-15)12-27-19(23)11-21-20(24)16-6-1-2-7-18(16)28(21,25)26/h1-2,6-10H,3-5,11-12H2. The molecule has 0 saturated carbocycles. The summed E-state index contributed by atoms with van der Waals surface area (Å²) in [4.78, 5) is 36.5. The zero-order valence-electron chi connectivity index (χ0n) is 14.9.